The lowest BCUT2D eigenvalue weighted by Gasteiger charge is -2.33. The number of nitrogens with zero attached hydrogens (tertiary/aromatic N) is 1. The van der Waals surface area contributed by atoms with Crippen molar-refractivity contribution < 1.29 is 18.7 Å². The molecule has 0 saturated carbocycles. The molecule has 0 amide bonds. The van der Waals surface area contributed by atoms with Crippen LogP contribution in [0.15, 0.2) is 12.1 Å². The molecule has 0 aliphatic carbocycles. The van der Waals surface area contributed by atoms with Crippen molar-refractivity contribution in [2.45, 2.75) is 6.42 Å². The van der Waals surface area contributed by atoms with Crippen LogP contribution in [0.5, 0.6) is 0 Å². The maximum absolute atomic E-state index is 13.2. The SMILES string of the molecule is O=C(O)c1c(F)cc(N2CCC2)cc1F. The van der Waals surface area contributed by atoms with Crippen molar-refractivity contribution in [2.24, 2.45) is 0 Å². The Morgan fingerprint density at radius 2 is 1.80 bits per heavy atom. The number of aromatic carboxylic acids is 1. The smallest absolute Gasteiger partial charge is 0.341 e. The lowest BCUT2D eigenvalue weighted by atomic mass is 10.1. The highest BCUT2D eigenvalue weighted by atomic mass is 19.1. The topological polar surface area (TPSA) is 40.5 Å². The predicted octanol–water partition coefficient (Wildman–Crippen LogP) is 1.87. The third-order valence-corrected chi connectivity index (χ3v) is 2.46. The average Bonchev–Trinajstić information content (AvgIpc) is 1.97. The molecule has 1 heterocycles. The summed E-state index contributed by atoms with van der Waals surface area (Å²) in [6.07, 6.45) is 0.990. The Bertz CT molecular complexity index is 393. The minimum atomic E-state index is -1.58. The number of benzene rings is 1. The summed E-state index contributed by atoms with van der Waals surface area (Å²) < 4.78 is 26.5. The Hall–Kier alpha value is -1.65. The van der Waals surface area contributed by atoms with Crippen molar-refractivity contribution in [3.8, 4) is 0 Å². The molecule has 80 valence electrons. The van der Waals surface area contributed by atoms with Crippen molar-refractivity contribution >= 4 is 11.7 Å². The molecule has 1 aromatic rings. The molecule has 1 saturated heterocycles. The maximum Gasteiger partial charge on any atom is 0.341 e. The molecule has 1 N–H and O–H groups in total. The van der Waals surface area contributed by atoms with Gasteiger partial charge in [-0.3, -0.25) is 0 Å². The van der Waals surface area contributed by atoms with Crippen molar-refractivity contribution in [3.05, 3.63) is 29.3 Å². The molecule has 0 bridgehead atoms. The average molecular weight is 213 g/mol. The number of halogens is 2. The first-order valence-electron chi connectivity index (χ1n) is 4.57. The summed E-state index contributed by atoms with van der Waals surface area (Å²) in [7, 11) is 0. The summed E-state index contributed by atoms with van der Waals surface area (Å²) in [5, 5.41) is 8.55. The van der Waals surface area contributed by atoms with E-state index in [9.17, 15) is 13.6 Å². The number of rotatable bonds is 2. The number of carboxylic acid groups (broad SMARTS) is 1. The highest BCUT2D eigenvalue weighted by Crippen LogP contribution is 2.25. The largest absolute Gasteiger partial charge is 0.477 e. The first kappa shape index (κ1) is 9.89. The van der Waals surface area contributed by atoms with Gasteiger partial charge in [-0.2, -0.15) is 0 Å². The standard InChI is InChI=1S/C10H9F2NO2/c11-7-4-6(13-2-1-3-13)5-8(12)9(7)10(14)15/h4-5H,1-3H2,(H,14,15). The van der Waals surface area contributed by atoms with Gasteiger partial charge in [0.25, 0.3) is 0 Å². The number of carbonyl (C=O) groups is 1. The van der Waals surface area contributed by atoms with Crippen molar-refractivity contribution in [1.82, 2.24) is 0 Å². The highest BCUT2D eigenvalue weighted by Gasteiger charge is 2.21. The number of hydrogen-bond donors (Lipinski definition) is 1. The fourth-order valence-corrected chi connectivity index (χ4v) is 1.52. The molecule has 0 radical (unpaired) electrons. The Balaban J connectivity index is 2.42. The molecular weight excluding hydrogens is 204 g/mol. The van der Waals surface area contributed by atoms with Crippen LogP contribution in [0.4, 0.5) is 14.5 Å². The molecule has 0 aromatic heterocycles. The van der Waals surface area contributed by atoms with E-state index >= 15 is 0 Å². The summed E-state index contributed by atoms with van der Waals surface area (Å²) in [6.45, 7) is 1.51. The van der Waals surface area contributed by atoms with E-state index in [-0.39, 0.29) is 0 Å². The van der Waals surface area contributed by atoms with E-state index < -0.39 is 23.2 Å². The Morgan fingerprint density at radius 1 is 1.27 bits per heavy atom. The molecule has 5 heteroatoms. The molecule has 0 spiro atoms. The first-order valence-corrected chi connectivity index (χ1v) is 4.57. The van der Waals surface area contributed by atoms with Gasteiger partial charge >= 0.3 is 5.97 Å². The van der Waals surface area contributed by atoms with E-state index in [0.29, 0.717) is 5.69 Å². The lowest BCUT2D eigenvalue weighted by Crippen LogP contribution is -2.37. The van der Waals surface area contributed by atoms with Gasteiger partial charge in [-0.25, -0.2) is 13.6 Å². The second-order valence-electron chi connectivity index (χ2n) is 3.43. The molecule has 2 rings (SSSR count). The monoisotopic (exact) mass is 213 g/mol. The summed E-state index contributed by atoms with van der Waals surface area (Å²) >= 11 is 0. The first-order chi connectivity index (χ1) is 7.09. The number of carboxylic acids is 1. The van der Waals surface area contributed by atoms with E-state index in [1.54, 1.807) is 4.90 Å². The molecular formula is C10H9F2NO2. The van der Waals surface area contributed by atoms with Gasteiger partial charge < -0.3 is 10.0 Å². The van der Waals surface area contributed by atoms with Crippen LogP contribution in [-0.2, 0) is 0 Å². The molecule has 1 aliphatic rings. The molecule has 0 atom stereocenters. The lowest BCUT2D eigenvalue weighted by molar-refractivity contribution is 0.0686. The molecule has 1 aliphatic heterocycles. The zero-order valence-corrected chi connectivity index (χ0v) is 7.83. The van der Waals surface area contributed by atoms with Crippen molar-refractivity contribution in [3.63, 3.8) is 0 Å². The summed E-state index contributed by atoms with van der Waals surface area (Å²) in [5.74, 6) is -3.63. The fraction of sp³-hybridized carbons (Fsp3) is 0.300. The van der Waals surface area contributed by atoms with Gasteiger partial charge in [0.1, 0.15) is 17.2 Å². The Labute approximate surface area is 84.9 Å². The van der Waals surface area contributed by atoms with Crippen LogP contribution in [0.2, 0.25) is 0 Å². The van der Waals surface area contributed by atoms with Crippen LogP contribution in [-0.4, -0.2) is 24.2 Å². The minimum Gasteiger partial charge on any atom is -0.477 e. The Kier molecular flexibility index (Phi) is 2.30. The third-order valence-electron chi connectivity index (χ3n) is 2.46. The van der Waals surface area contributed by atoms with E-state index in [1.165, 1.54) is 0 Å². The zero-order valence-electron chi connectivity index (χ0n) is 7.83. The predicted molar refractivity (Wildman–Crippen MR) is 50.1 cm³/mol. The zero-order chi connectivity index (χ0) is 11.0. The third kappa shape index (κ3) is 1.65. The van der Waals surface area contributed by atoms with Crippen LogP contribution < -0.4 is 4.90 Å². The van der Waals surface area contributed by atoms with E-state index in [0.717, 1.165) is 31.6 Å². The van der Waals surface area contributed by atoms with E-state index in [2.05, 4.69) is 0 Å². The second kappa shape index (κ2) is 3.49. The highest BCUT2D eigenvalue weighted by molar-refractivity contribution is 5.88. The quantitative estimate of drug-likeness (QED) is 0.815. The molecule has 15 heavy (non-hydrogen) atoms. The molecule has 0 unspecified atom stereocenters. The maximum atomic E-state index is 13.2. The van der Waals surface area contributed by atoms with Crippen LogP contribution in [0.1, 0.15) is 16.8 Å². The fourth-order valence-electron chi connectivity index (χ4n) is 1.52. The van der Waals surface area contributed by atoms with Crippen LogP contribution >= 0.6 is 0 Å². The normalized spacial score (nSPS) is 14.9. The van der Waals surface area contributed by atoms with Crippen LogP contribution in [0.25, 0.3) is 0 Å². The van der Waals surface area contributed by atoms with Crippen molar-refractivity contribution in [1.29, 1.82) is 0 Å². The van der Waals surface area contributed by atoms with Crippen LogP contribution in [0.3, 0.4) is 0 Å². The molecule has 1 aromatic carbocycles. The Morgan fingerprint density at radius 3 is 2.13 bits per heavy atom. The number of hydrogen-bond acceptors (Lipinski definition) is 2. The van der Waals surface area contributed by atoms with E-state index in [4.69, 9.17) is 5.11 Å². The van der Waals surface area contributed by atoms with Gasteiger partial charge in [0.15, 0.2) is 0 Å². The van der Waals surface area contributed by atoms with Gasteiger partial charge in [0, 0.05) is 18.8 Å². The van der Waals surface area contributed by atoms with Gasteiger partial charge in [0.2, 0.25) is 0 Å². The van der Waals surface area contributed by atoms with Crippen molar-refractivity contribution in [2.75, 3.05) is 18.0 Å². The van der Waals surface area contributed by atoms with E-state index in [1.807, 2.05) is 0 Å². The molecule has 3 nitrogen and oxygen atoms in total. The number of anilines is 1. The van der Waals surface area contributed by atoms with Gasteiger partial charge in [-0.1, -0.05) is 0 Å². The molecule has 1 fully saturated rings. The van der Waals surface area contributed by atoms with Gasteiger partial charge in [-0.05, 0) is 18.6 Å². The second-order valence-corrected chi connectivity index (χ2v) is 3.43. The van der Waals surface area contributed by atoms with Gasteiger partial charge in [0.05, 0.1) is 0 Å². The summed E-state index contributed by atoms with van der Waals surface area (Å²) in [6, 6.07) is 2.12. The van der Waals surface area contributed by atoms with Crippen LogP contribution in [0, 0.1) is 11.6 Å². The summed E-state index contributed by atoms with van der Waals surface area (Å²) in [5.41, 5.74) is -0.486. The minimum absolute atomic E-state index is 0.404. The van der Waals surface area contributed by atoms with Gasteiger partial charge in [-0.15, -0.1) is 0 Å². The summed E-state index contributed by atoms with van der Waals surface area (Å²) in [4.78, 5) is 12.3.